The Kier molecular flexibility index (Phi) is 5.35. The van der Waals surface area contributed by atoms with Crippen LogP contribution in [0.4, 0.5) is 0 Å². The predicted molar refractivity (Wildman–Crippen MR) is 65.3 cm³/mol. The molecule has 2 atom stereocenters. The van der Waals surface area contributed by atoms with Crippen LogP contribution in [-0.2, 0) is 9.53 Å². The highest BCUT2D eigenvalue weighted by Gasteiger charge is 2.18. The Balaban J connectivity index is 2.84. The van der Waals surface area contributed by atoms with Crippen LogP contribution in [-0.4, -0.2) is 34.0 Å². The molecule has 5 nitrogen and oxygen atoms in total. The van der Waals surface area contributed by atoms with E-state index in [4.69, 9.17) is 14.9 Å². The second kappa shape index (κ2) is 6.78. The minimum absolute atomic E-state index is 0.0972. The quantitative estimate of drug-likeness (QED) is 0.667. The number of hydrogen-bond donors (Lipinski definition) is 3. The van der Waals surface area contributed by atoms with E-state index in [2.05, 4.69) is 0 Å². The Bertz CT molecular complexity index is 410. The van der Waals surface area contributed by atoms with Crippen molar-refractivity contribution in [3.8, 4) is 5.75 Å². The smallest absolute Gasteiger partial charge is 0.328 e. The molecule has 0 unspecified atom stereocenters. The Morgan fingerprint density at radius 3 is 2.50 bits per heavy atom. The summed E-state index contributed by atoms with van der Waals surface area (Å²) in [6, 6.07) is 6.01. The first kappa shape index (κ1) is 14.2. The maximum atomic E-state index is 10.5. The third-order valence-electron chi connectivity index (χ3n) is 2.33. The number of ether oxygens (including phenoxy) is 1. The van der Waals surface area contributed by atoms with Crippen LogP contribution < -0.4 is 0 Å². The first-order chi connectivity index (χ1) is 8.54. The molecular formula is C13H16O5. The maximum absolute atomic E-state index is 10.5. The number of aromatic hydroxyl groups is 1. The van der Waals surface area contributed by atoms with Gasteiger partial charge in [0.1, 0.15) is 18.0 Å². The minimum Gasteiger partial charge on any atom is -0.508 e. The molecule has 18 heavy (non-hydrogen) atoms. The van der Waals surface area contributed by atoms with Crippen molar-refractivity contribution in [1.82, 2.24) is 0 Å². The molecule has 0 aliphatic heterocycles. The minimum atomic E-state index is -1.10. The molecule has 0 spiro atoms. The number of rotatable bonds is 6. The van der Waals surface area contributed by atoms with Crippen LogP contribution in [0.25, 0.3) is 0 Å². The normalized spacial score (nSPS) is 14.6. The van der Waals surface area contributed by atoms with Gasteiger partial charge in [0, 0.05) is 12.7 Å². The van der Waals surface area contributed by atoms with Gasteiger partial charge in [0.15, 0.2) is 0 Å². The molecule has 0 saturated carbocycles. The van der Waals surface area contributed by atoms with Gasteiger partial charge in [-0.15, -0.1) is 0 Å². The highest BCUT2D eigenvalue weighted by molar-refractivity contribution is 5.79. The van der Waals surface area contributed by atoms with Crippen LogP contribution in [0.1, 0.15) is 18.6 Å². The molecule has 5 heteroatoms. The van der Waals surface area contributed by atoms with Crippen LogP contribution >= 0.6 is 0 Å². The summed E-state index contributed by atoms with van der Waals surface area (Å²) in [6.07, 6.45) is 0.504. The molecule has 3 N–H and O–H groups in total. The molecule has 0 aliphatic carbocycles. The highest BCUT2D eigenvalue weighted by Crippen LogP contribution is 2.22. The van der Waals surface area contributed by atoms with Crippen LogP contribution in [0.5, 0.6) is 5.75 Å². The fourth-order valence-electron chi connectivity index (χ4n) is 1.48. The summed E-state index contributed by atoms with van der Waals surface area (Å²) in [4.78, 5) is 10.5. The molecule has 1 aromatic carbocycles. The molecule has 0 saturated heterocycles. The molecule has 0 aromatic heterocycles. The first-order valence-corrected chi connectivity index (χ1v) is 5.54. The Labute approximate surface area is 105 Å². The third-order valence-corrected chi connectivity index (χ3v) is 2.33. The van der Waals surface area contributed by atoms with Crippen molar-refractivity contribution < 1.29 is 24.9 Å². The van der Waals surface area contributed by atoms with E-state index in [9.17, 15) is 9.90 Å². The maximum Gasteiger partial charge on any atom is 0.328 e. The summed E-state index contributed by atoms with van der Waals surface area (Å²) < 4.78 is 5.28. The van der Waals surface area contributed by atoms with Gasteiger partial charge in [-0.05, 0) is 30.7 Å². The molecular weight excluding hydrogens is 236 g/mol. The first-order valence-electron chi connectivity index (χ1n) is 5.54. The SMILES string of the molecule is CCO[C@@H](/C=C/C(=O)O)[C@@H](O)c1ccc(O)cc1. The fourth-order valence-corrected chi connectivity index (χ4v) is 1.48. The van der Waals surface area contributed by atoms with Gasteiger partial charge in [0.2, 0.25) is 0 Å². The number of aliphatic hydroxyl groups excluding tert-OH is 1. The number of carboxylic acid groups (broad SMARTS) is 1. The van der Waals surface area contributed by atoms with Crippen LogP contribution in [0.3, 0.4) is 0 Å². The van der Waals surface area contributed by atoms with Gasteiger partial charge < -0.3 is 20.1 Å². The number of carbonyl (C=O) groups is 1. The Hall–Kier alpha value is -1.85. The number of hydrogen-bond acceptors (Lipinski definition) is 4. The van der Waals surface area contributed by atoms with Gasteiger partial charge in [-0.25, -0.2) is 4.79 Å². The van der Waals surface area contributed by atoms with Gasteiger partial charge in [-0.3, -0.25) is 0 Å². The Morgan fingerprint density at radius 2 is 2.00 bits per heavy atom. The van der Waals surface area contributed by atoms with Crippen LogP contribution in [0.15, 0.2) is 36.4 Å². The molecule has 0 heterocycles. The average molecular weight is 252 g/mol. The predicted octanol–water partition coefficient (Wildman–Crippen LogP) is 1.47. The average Bonchev–Trinajstić information content (AvgIpc) is 2.34. The van der Waals surface area contributed by atoms with Gasteiger partial charge in [0.05, 0.1) is 0 Å². The lowest BCUT2D eigenvalue weighted by Gasteiger charge is -2.20. The number of phenolic OH excluding ortho intramolecular Hbond substituents is 1. The number of benzene rings is 1. The zero-order valence-electron chi connectivity index (χ0n) is 9.98. The largest absolute Gasteiger partial charge is 0.508 e. The summed E-state index contributed by atoms with van der Waals surface area (Å²) in [6.45, 7) is 2.11. The molecule has 0 fully saturated rings. The van der Waals surface area contributed by atoms with Crippen molar-refractivity contribution in [1.29, 1.82) is 0 Å². The fraction of sp³-hybridized carbons (Fsp3) is 0.308. The zero-order valence-corrected chi connectivity index (χ0v) is 9.98. The lowest BCUT2D eigenvalue weighted by molar-refractivity contribution is -0.131. The van der Waals surface area contributed by atoms with E-state index < -0.39 is 18.2 Å². The number of phenols is 1. The van der Waals surface area contributed by atoms with Crippen LogP contribution in [0, 0.1) is 0 Å². The van der Waals surface area contributed by atoms with Gasteiger partial charge in [-0.1, -0.05) is 12.1 Å². The molecule has 0 amide bonds. The topological polar surface area (TPSA) is 87.0 Å². The summed E-state index contributed by atoms with van der Waals surface area (Å²) in [7, 11) is 0. The van der Waals surface area contributed by atoms with Crippen LogP contribution in [0.2, 0.25) is 0 Å². The molecule has 0 bridgehead atoms. The number of carboxylic acids is 1. The van der Waals surface area contributed by atoms with Crippen molar-refractivity contribution in [2.45, 2.75) is 19.1 Å². The van der Waals surface area contributed by atoms with E-state index in [0.29, 0.717) is 12.2 Å². The van der Waals surface area contributed by atoms with Crippen molar-refractivity contribution in [3.05, 3.63) is 42.0 Å². The second-order valence-electron chi connectivity index (χ2n) is 3.65. The summed E-state index contributed by atoms with van der Waals surface area (Å²) >= 11 is 0. The third kappa shape index (κ3) is 4.20. The lowest BCUT2D eigenvalue weighted by atomic mass is 10.0. The highest BCUT2D eigenvalue weighted by atomic mass is 16.5. The van der Waals surface area contributed by atoms with E-state index >= 15 is 0 Å². The molecule has 98 valence electrons. The Morgan fingerprint density at radius 1 is 1.39 bits per heavy atom. The van der Waals surface area contributed by atoms with Gasteiger partial charge in [0.25, 0.3) is 0 Å². The summed E-state index contributed by atoms with van der Waals surface area (Å²) in [5.74, 6) is -1.00. The lowest BCUT2D eigenvalue weighted by Crippen LogP contribution is -2.20. The molecule has 0 radical (unpaired) electrons. The number of aliphatic carboxylic acids is 1. The number of aliphatic hydroxyl groups is 1. The molecule has 1 rings (SSSR count). The summed E-state index contributed by atoms with van der Waals surface area (Å²) in [5, 5.41) is 27.8. The molecule has 1 aromatic rings. The van der Waals surface area contributed by atoms with Crippen molar-refractivity contribution >= 4 is 5.97 Å². The monoisotopic (exact) mass is 252 g/mol. The van der Waals surface area contributed by atoms with Crippen molar-refractivity contribution in [2.75, 3.05) is 6.61 Å². The van der Waals surface area contributed by atoms with Gasteiger partial charge in [-0.2, -0.15) is 0 Å². The van der Waals surface area contributed by atoms with E-state index in [1.165, 1.54) is 18.2 Å². The standard InChI is InChI=1S/C13H16O5/c1-2-18-11(7-8-12(15)16)13(17)9-3-5-10(14)6-4-9/h3-8,11,13-14,17H,2H2,1H3,(H,15,16)/b8-7+/t11-,13-/m0/s1. The van der Waals surface area contributed by atoms with E-state index in [0.717, 1.165) is 6.08 Å². The van der Waals surface area contributed by atoms with E-state index in [1.54, 1.807) is 19.1 Å². The van der Waals surface area contributed by atoms with Crippen molar-refractivity contribution in [3.63, 3.8) is 0 Å². The second-order valence-corrected chi connectivity index (χ2v) is 3.65. The van der Waals surface area contributed by atoms with Crippen molar-refractivity contribution in [2.24, 2.45) is 0 Å². The summed E-state index contributed by atoms with van der Waals surface area (Å²) in [5.41, 5.74) is 0.543. The van der Waals surface area contributed by atoms with Gasteiger partial charge >= 0.3 is 5.97 Å². The van der Waals surface area contributed by atoms with E-state index in [1.807, 2.05) is 0 Å². The van der Waals surface area contributed by atoms with E-state index in [-0.39, 0.29) is 5.75 Å². The zero-order chi connectivity index (χ0) is 13.5. The molecule has 0 aliphatic rings.